The number of halogens is 2. The van der Waals surface area contributed by atoms with Gasteiger partial charge in [0.05, 0.1) is 28.8 Å². The van der Waals surface area contributed by atoms with Gasteiger partial charge in [0.15, 0.2) is 0 Å². The summed E-state index contributed by atoms with van der Waals surface area (Å²) < 4.78 is 8.27. The number of carboxylic acid groups (broad SMARTS) is 1. The number of nitriles is 1. The number of aliphatic carboxylic acids is 1. The molecule has 0 unspecified atom stereocenters. The number of nitrogens with zero attached hydrogens (tertiary/aromatic N) is 5. The summed E-state index contributed by atoms with van der Waals surface area (Å²) in [5.74, 6) is -0.148. The van der Waals surface area contributed by atoms with Gasteiger partial charge in [0.1, 0.15) is 24.5 Å². The Morgan fingerprint density at radius 1 is 0.948 bits per heavy atom. The lowest BCUT2D eigenvalue weighted by Crippen LogP contribution is -2.35. The number of rotatable bonds is 14. The van der Waals surface area contributed by atoms with Gasteiger partial charge in [0.2, 0.25) is 5.91 Å². The number of fused-ring (bicyclic) bond motifs is 1. The van der Waals surface area contributed by atoms with Crippen LogP contribution < -0.4 is 15.4 Å². The minimum Gasteiger partial charge on any atom is -0.489 e. The zero-order valence-corrected chi connectivity index (χ0v) is 33.1. The summed E-state index contributed by atoms with van der Waals surface area (Å²) in [6.07, 6.45) is 7.85. The van der Waals surface area contributed by atoms with Gasteiger partial charge in [0, 0.05) is 77.2 Å². The summed E-state index contributed by atoms with van der Waals surface area (Å²) in [6.45, 7) is 2.98. The fourth-order valence-electron chi connectivity index (χ4n) is 7.93. The predicted octanol–water partition coefficient (Wildman–Crippen LogP) is 7.99. The zero-order chi connectivity index (χ0) is 40.2. The van der Waals surface area contributed by atoms with Crippen LogP contribution in [0.15, 0.2) is 97.5 Å². The third-order valence-corrected chi connectivity index (χ3v) is 11.7. The highest BCUT2D eigenvalue weighted by atomic mass is 35.5. The van der Waals surface area contributed by atoms with Gasteiger partial charge in [-0.25, -0.2) is 0 Å². The maximum atomic E-state index is 12.0. The van der Waals surface area contributed by atoms with Crippen LogP contribution in [0.25, 0.3) is 33.2 Å². The van der Waals surface area contributed by atoms with Crippen LogP contribution in [0.1, 0.15) is 53.5 Å². The fraction of sp³-hybridized carbons (Fsp3) is 0.267. The fourth-order valence-corrected chi connectivity index (χ4v) is 8.51. The molecule has 4 heterocycles. The van der Waals surface area contributed by atoms with E-state index < -0.39 is 12.0 Å². The van der Waals surface area contributed by atoms with E-state index in [0.29, 0.717) is 60.4 Å². The van der Waals surface area contributed by atoms with Gasteiger partial charge < -0.3 is 20.5 Å². The van der Waals surface area contributed by atoms with Crippen molar-refractivity contribution in [3.8, 4) is 34.1 Å². The average molecular weight is 815 g/mol. The van der Waals surface area contributed by atoms with Gasteiger partial charge in [-0.05, 0) is 72.3 Å². The van der Waals surface area contributed by atoms with Crippen LogP contribution in [0.5, 0.6) is 5.75 Å². The van der Waals surface area contributed by atoms with Crippen LogP contribution >= 0.6 is 23.2 Å². The van der Waals surface area contributed by atoms with Crippen molar-refractivity contribution in [3.05, 3.63) is 135 Å². The first-order valence-electron chi connectivity index (χ1n) is 19.3. The maximum Gasteiger partial charge on any atom is 0.320 e. The smallest absolute Gasteiger partial charge is 0.320 e. The monoisotopic (exact) mass is 813 g/mol. The molecule has 13 heteroatoms. The third kappa shape index (κ3) is 8.56. The molecule has 0 radical (unpaired) electrons. The van der Waals surface area contributed by atoms with Crippen LogP contribution in [0.3, 0.4) is 0 Å². The Labute approximate surface area is 346 Å². The second-order valence-corrected chi connectivity index (χ2v) is 15.6. The first kappa shape index (κ1) is 39.1. The van der Waals surface area contributed by atoms with Crippen LogP contribution in [-0.4, -0.2) is 61.8 Å². The molecule has 2 fully saturated rings. The average Bonchev–Trinajstić information content (AvgIpc) is 3.99. The number of benzene rings is 4. The maximum absolute atomic E-state index is 12.0. The number of carbonyl (C=O) groups is 2. The summed E-state index contributed by atoms with van der Waals surface area (Å²) in [5.41, 5.74) is 8.54. The van der Waals surface area contributed by atoms with E-state index in [-0.39, 0.29) is 18.6 Å². The van der Waals surface area contributed by atoms with Crippen LogP contribution in [-0.2, 0) is 35.8 Å². The van der Waals surface area contributed by atoms with Crippen molar-refractivity contribution in [3.63, 3.8) is 0 Å². The van der Waals surface area contributed by atoms with E-state index in [9.17, 15) is 20.0 Å². The summed E-state index contributed by atoms with van der Waals surface area (Å²) in [6, 6.07) is 27.7. The number of amides is 1. The summed E-state index contributed by atoms with van der Waals surface area (Å²) in [7, 11) is 0. The lowest BCUT2D eigenvalue weighted by atomic mass is 9.96. The normalized spacial score (nSPS) is 16.7. The standard InChI is InChI=1S/C45H41Cl2N7O4/c46-39-17-33(25-53-15-3-8-41(53)45(56)57)42(58-27-30-16-29(19-48)21-49-22-30)18-32(39)26-54-40-7-2-5-36(38(40)24-51-54)37-6-1-4-35(44(37)47)31-11-9-28(10-12-31)20-50-23-34-13-14-43(55)52-34/h1-2,4-7,9-12,16-18,21-22,24,34,41,50H,3,8,13-15,20,23,25-27H2,(H,52,55)(H,56,57)/t34-,41-/m0/s1. The number of pyridine rings is 1. The van der Waals surface area contributed by atoms with Crippen molar-refractivity contribution in [2.75, 3.05) is 13.1 Å². The molecule has 0 bridgehead atoms. The lowest BCUT2D eigenvalue weighted by molar-refractivity contribution is -0.142. The zero-order valence-electron chi connectivity index (χ0n) is 31.6. The summed E-state index contributed by atoms with van der Waals surface area (Å²) in [5, 5.41) is 32.6. The molecule has 58 heavy (non-hydrogen) atoms. The van der Waals surface area contributed by atoms with Gasteiger partial charge in [-0.3, -0.25) is 24.2 Å². The number of hydrogen-bond donors (Lipinski definition) is 3. The molecule has 6 aromatic rings. The minimum atomic E-state index is -0.841. The van der Waals surface area contributed by atoms with Crippen molar-refractivity contribution in [2.45, 2.75) is 64.0 Å². The first-order valence-corrected chi connectivity index (χ1v) is 20.1. The molecule has 2 aliphatic rings. The first-order chi connectivity index (χ1) is 28.2. The molecule has 1 amide bonds. The van der Waals surface area contributed by atoms with E-state index in [4.69, 9.17) is 33.0 Å². The quantitative estimate of drug-likeness (QED) is 0.0997. The van der Waals surface area contributed by atoms with E-state index in [1.54, 1.807) is 12.3 Å². The van der Waals surface area contributed by atoms with Crippen molar-refractivity contribution in [2.24, 2.45) is 0 Å². The molecular weight excluding hydrogens is 773 g/mol. The highest BCUT2D eigenvalue weighted by molar-refractivity contribution is 6.36. The second kappa shape index (κ2) is 17.4. The van der Waals surface area contributed by atoms with Gasteiger partial charge in [0.25, 0.3) is 0 Å². The Hall–Kier alpha value is -5.77. The number of ether oxygens (including phenoxy) is 1. The topological polar surface area (TPSA) is 145 Å². The predicted molar refractivity (Wildman–Crippen MR) is 223 cm³/mol. The largest absolute Gasteiger partial charge is 0.489 e. The Morgan fingerprint density at radius 2 is 1.76 bits per heavy atom. The van der Waals surface area contributed by atoms with Gasteiger partial charge in [-0.1, -0.05) is 77.8 Å². The summed E-state index contributed by atoms with van der Waals surface area (Å²) in [4.78, 5) is 29.6. The number of likely N-dealkylation sites (tertiary alicyclic amines) is 1. The highest BCUT2D eigenvalue weighted by Crippen LogP contribution is 2.40. The Balaban J connectivity index is 1.04. The highest BCUT2D eigenvalue weighted by Gasteiger charge is 2.31. The molecular formula is C45H41Cl2N7O4. The Bertz CT molecular complexity index is 2530. The molecule has 2 aliphatic heterocycles. The molecule has 2 aromatic heterocycles. The number of carbonyl (C=O) groups excluding carboxylic acids is 1. The number of carboxylic acids is 1. The van der Waals surface area contributed by atoms with E-state index in [1.807, 2.05) is 64.3 Å². The van der Waals surface area contributed by atoms with Crippen molar-refractivity contribution < 1.29 is 19.4 Å². The molecule has 2 saturated heterocycles. The van der Waals surface area contributed by atoms with Gasteiger partial charge in [-0.15, -0.1) is 0 Å². The van der Waals surface area contributed by atoms with Gasteiger partial charge >= 0.3 is 5.97 Å². The number of nitrogens with one attached hydrogen (secondary N) is 2. The van der Waals surface area contributed by atoms with Crippen LogP contribution in [0.2, 0.25) is 10.0 Å². The molecule has 2 atom stereocenters. The summed E-state index contributed by atoms with van der Waals surface area (Å²) >= 11 is 14.2. The molecule has 294 valence electrons. The molecule has 8 rings (SSSR count). The van der Waals surface area contributed by atoms with E-state index in [0.717, 1.165) is 74.8 Å². The van der Waals surface area contributed by atoms with Crippen molar-refractivity contribution >= 4 is 46.0 Å². The van der Waals surface area contributed by atoms with E-state index in [1.165, 1.54) is 6.20 Å². The van der Waals surface area contributed by atoms with E-state index >= 15 is 0 Å². The molecule has 0 saturated carbocycles. The molecule has 0 aliphatic carbocycles. The van der Waals surface area contributed by atoms with Crippen LogP contribution in [0, 0.1) is 11.3 Å². The third-order valence-electron chi connectivity index (χ3n) is 10.9. The Morgan fingerprint density at radius 3 is 2.55 bits per heavy atom. The lowest BCUT2D eigenvalue weighted by Gasteiger charge is -2.23. The SMILES string of the molecule is N#Cc1cncc(COc2cc(Cn3ncc4c(-c5cccc(-c6ccc(CNC[C@@H]7CCC(=O)N7)cc6)c5Cl)cccc43)c(Cl)cc2CN2CCC[C@H]2C(=O)O)c1. The van der Waals surface area contributed by atoms with E-state index in [2.05, 4.69) is 46.0 Å². The van der Waals surface area contributed by atoms with Crippen molar-refractivity contribution in [1.29, 1.82) is 5.26 Å². The number of hydrogen-bond acceptors (Lipinski definition) is 8. The number of aromatic nitrogens is 3. The second-order valence-electron chi connectivity index (χ2n) is 14.8. The van der Waals surface area contributed by atoms with Gasteiger partial charge in [-0.2, -0.15) is 10.4 Å². The Kier molecular flexibility index (Phi) is 11.7. The van der Waals surface area contributed by atoms with Crippen molar-refractivity contribution in [1.82, 2.24) is 30.3 Å². The minimum absolute atomic E-state index is 0.121. The molecule has 4 aromatic carbocycles. The molecule has 3 N–H and O–H groups in total. The van der Waals surface area contributed by atoms with Crippen LogP contribution in [0.4, 0.5) is 0 Å². The molecule has 0 spiro atoms. The molecule has 11 nitrogen and oxygen atoms in total.